The zero-order valence-electron chi connectivity index (χ0n) is 14.4. The van der Waals surface area contributed by atoms with E-state index in [-0.39, 0.29) is 11.4 Å². The maximum absolute atomic E-state index is 12.7. The highest BCUT2D eigenvalue weighted by molar-refractivity contribution is 7.99. The van der Waals surface area contributed by atoms with Crippen molar-refractivity contribution in [3.05, 3.63) is 48.0 Å². The molecule has 0 saturated carbocycles. The number of ether oxygens (including phenoxy) is 1. The second kappa shape index (κ2) is 7.36. The molecule has 0 bridgehead atoms. The summed E-state index contributed by atoms with van der Waals surface area (Å²) < 4.78 is 5.50. The number of benzene rings is 2. The van der Waals surface area contributed by atoms with E-state index in [2.05, 4.69) is 22.3 Å². The molecule has 2 aliphatic heterocycles. The highest BCUT2D eigenvalue weighted by atomic mass is 32.2. The molecule has 1 N–H and O–H groups in total. The second-order valence-electron chi connectivity index (χ2n) is 6.87. The van der Waals surface area contributed by atoms with Gasteiger partial charge in [0.2, 0.25) is 0 Å². The first-order valence-corrected chi connectivity index (χ1v) is 10.1. The van der Waals surface area contributed by atoms with Crippen molar-refractivity contribution in [3.63, 3.8) is 0 Å². The molecule has 0 aromatic heterocycles. The largest absolute Gasteiger partial charge is 0.379 e. The molecule has 1 amide bonds. The predicted octanol–water partition coefficient (Wildman–Crippen LogP) is 2.78. The molecule has 4 rings (SSSR count). The maximum atomic E-state index is 12.7. The summed E-state index contributed by atoms with van der Waals surface area (Å²) in [6.07, 6.45) is 1.13. The number of carbonyl (C=O) groups is 1. The molecule has 2 aromatic rings. The number of hydrogen-bond donors (Lipinski definition) is 1. The smallest absolute Gasteiger partial charge is 0.251 e. The van der Waals surface area contributed by atoms with Crippen LogP contribution in [-0.4, -0.2) is 60.7 Å². The fraction of sp³-hybridized carbons (Fsp3) is 0.450. The van der Waals surface area contributed by atoms with Crippen molar-refractivity contribution in [2.75, 3.05) is 44.4 Å². The summed E-state index contributed by atoms with van der Waals surface area (Å²) in [7, 11) is 0. The fourth-order valence-corrected chi connectivity index (χ4v) is 5.29. The Balaban J connectivity index is 1.47. The van der Waals surface area contributed by atoms with Gasteiger partial charge in [0, 0.05) is 36.5 Å². The minimum Gasteiger partial charge on any atom is -0.379 e. The van der Waals surface area contributed by atoms with Gasteiger partial charge in [-0.3, -0.25) is 9.69 Å². The molecule has 25 heavy (non-hydrogen) atoms. The Labute approximate surface area is 152 Å². The summed E-state index contributed by atoms with van der Waals surface area (Å²) >= 11 is 1.99. The Bertz CT molecular complexity index is 752. The van der Waals surface area contributed by atoms with Gasteiger partial charge in [0.05, 0.1) is 13.2 Å². The molecule has 0 radical (unpaired) electrons. The minimum atomic E-state index is 0.0234. The van der Waals surface area contributed by atoms with E-state index in [0.717, 1.165) is 54.8 Å². The average molecular weight is 356 g/mol. The van der Waals surface area contributed by atoms with Gasteiger partial charge in [-0.05, 0) is 35.1 Å². The monoisotopic (exact) mass is 356 g/mol. The number of nitrogens with one attached hydrogen (secondary N) is 1. The van der Waals surface area contributed by atoms with Gasteiger partial charge in [0.15, 0.2) is 0 Å². The van der Waals surface area contributed by atoms with E-state index in [1.807, 2.05) is 42.1 Å². The van der Waals surface area contributed by atoms with Gasteiger partial charge >= 0.3 is 0 Å². The van der Waals surface area contributed by atoms with Gasteiger partial charge in [-0.15, -0.1) is 0 Å². The van der Waals surface area contributed by atoms with Crippen LogP contribution in [0.1, 0.15) is 16.8 Å². The zero-order chi connectivity index (χ0) is 17.1. The Kier molecular flexibility index (Phi) is 4.97. The Morgan fingerprint density at radius 3 is 2.72 bits per heavy atom. The number of amides is 1. The van der Waals surface area contributed by atoms with Crippen LogP contribution in [0.15, 0.2) is 42.5 Å². The molecule has 2 aliphatic rings. The summed E-state index contributed by atoms with van der Waals surface area (Å²) in [4.78, 5) is 15.2. The lowest BCUT2D eigenvalue weighted by Gasteiger charge is -2.43. The third-order valence-corrected chi connectivity index (χ3v) is 6.59. The van der Waals surface area contributed by atoms with E-state index in [4.69, 9.17) is 4.74 Å². The molecule has 0 aliphatic carbocycles. The van der Waals surface area contributed by atoms with Crippen LogP contribution >= 0.6 is 11.8 Å². The first-order valence-electron chi connectivity index (χ1n) is 8.94. The van der Waals surface area contributed by atoms with Crippen molar-refractivity contribution < 1.29 is 9.53 Å². The number of nitrogens with zero attached hydrogens (tertiary/aromatic N) is 1. The molecule has 4 nitrogen and oxygen atoms in total. The summed E-state index contributed by atoms with van der Waals surface area (Å²) in [6, 6.07) is 14.1. The normalized spacial score (nSPS) is 24.5. The standard InChI is InChI=1S/C20H24N2O2S/c23-19(18-6-5-16-3-1-2-4-17(16)13-18)21-14-20(7-12-25-15-20)22-8-10-24-11-9-22/h1-6,13H,7-12,14-15H2,(H,21,23). The van der Waals surface area contributed by atoms with Crippen LogP contribution in [0.2, 0.25) is 0 Å². The molecule has 1 unspecified atom stereocenters. The van der Waals surface area contributed by atoms with E-state index in [1.54, 1.807) is 0 Å². The van der Waals surface area contributed by atoms with Crippen molar-refractivity contribution in [2.24, 2.45) is 0 Å². The lowest BCUT2D eigenvalue weighted by Crippen LogP contribution is -2.59. The summed E-state index contributed by atoms with van der Waals surface area (Å²) in [5.41, 5.74) is 0.822. The SMILES string of the molecule is O=C(NCC1(N2CCOCC2)CCSC1)c1ccc2ccccc2c1. The maximum Gasteiger partial charge on any atom is 0.251 e. The molecule has 2 aromatic carbocycles. The molecular formula is C20H24N2O2S. The lowest BCUT2D eigenvalue weighted by atomic mass is 9.95. The number of thioether (sulfide) groups is 1. The molecule has 2 saturated heterocycles. The first-order chi connectivity index (χ1) is 12.3. The minimum absolute atomic E-state index is 0.0234. The third-order valence-electron chi connectivity index (χ3n) is 5.35. The van der Waals surface area contributed by atoms with Crippen molar-refractivity contribution in [1.29, 1.82) is 0 Å². The van der Waals surface area contributed by atoms with E-state index >= 15 is 0 Å². The average Bonchev–Trinajstić information content (AvgIpc) is 3.17. The van der Waals surface area contributed by atoms with Crippen molar-refractivity contribution in [1.82, 2.24) is 10.2 Å². The summed E-state index contributed by atoms with van der Waals surface area (Å²) in [5, 5.41) is 5.48. The van der Waals surface area contributed by atoms with Gasteiger partial charge in [-0.2, -0.15) is 11.8 Å². The van der Waals surface area contributed by atoms with Gasteiger partial charge in [0.1, 0.15) is 0 Å². The summed E-state index contributed by atoms with van der Waals surface area (Å²) in [5.74, 6) is 2.28. The molecule has 2 heterocycles. The number of hydrogen-bond acceptors (Lipinski definition) is 4. The number of rotatable bonds is 4. The van der Waals surface area contributed by atoms with Gasteiger partial charge in [-0.25, -0.2) is 0 Å². The Morgan fingerprint density at radius 2 is 1.96 bits per heavy atom. The van der Waals surface area contributed by atoms with Gasteiger partial charge in [0.25, 0.3) is 5.91 Å². The van der Waals surface area contributed by atoms with Crippen molar-refractivity contribution >= 4 is 28.4 Å². The number of carbonyl (C=O) groups excluding carboxylic acids is 1. The first kappa shape index (κ1) is 16.9. The van der Waals surface area contributed by atoms with E-state index in [0.29, 0.717) is 6.54 Å². The Hall–Kier alpha value is -1.56. The van der Waals surface area contributed by atoms with Crippen LogP contribution in [0.4, 0.5) is 0 Å². The molecule has 2 fully saturated rings. The quantitative estimate of drug-likeness (QED) is 0.915. The van der Waals surface area contributed by atoms with E-state index in [1.165, 1.54) is 5.75 Å². The predicted molar refractivity (Wildman–Crippen MR) is 103 cm³/mol. The Morgan fingerprint density at radius 1 is 1.16 bits per heavy atom. The van der Waals surface area contributed by atoms with Crippen LogP contribution in [0.5, 0.6) is 0 Å². The van der Waals surface area contributed by atoms with Gasteiger partial charge < -0.3 is 10.1 Å². The highest BCUT2D eigenvalue weighted by Gasteiger charge is 2.40. The molecule has 1 atom stereocenters. The second-order valence-corrected chi connectivity index (χ2v) is 7.98. The molecule has 5 heteroatoms. The van der Waals surface area contributed by atoms with Crippen LogP contribution in [0, 0.1) is 0 Å². The lowest BCUT2D eigenvalue weighted by molar-refractivity contribution is -0.0129. The zero-order valence-corrected chi connectivity index (χ0v) is 15.2. The van der Waals surface area contributed by atoms with Crippen LogP contribution in [0.3, 0.4) is 0 Å². The topological polar surface area (TPSA) is 41.6 Å². The number of fused-ring (bicyclic) bond motifs is 1. The van der Waals surface area contributed by atoms with Crippen LogP contribution in [0.25, 0.3) is 10.8 Å². The van der Waals surface area contributed by atoms with Crippen molar-refractivity contribution in [3.8, 4) is 0 Å². The molecule has 0 spiro atoms. The highest BCUT2D eigenvalue weighted by Crippen LogP contribution is 2.33. The van der Waals surface area contributed by atoms with Crippen LogP contribution in [-0.2, 0) is 4.74 Å². The van der Waals surface area contributed by atoms with E-state index in [9.17, 15) is 4.79 Å². The fourth-order valence-electron chi connectivity index (χ4n) is 3.81. The summed E-state index contributed by atoms with van der Waals surface area (Å²) in [6.45, 7) is 4.24. The van der Waals surface area contributed by atoms with Crippen molar-refractivity contribution in [2.45, 2.75) is 12.0 Å². The van der Waals surface area contributed by atoms with E-state index < -0.39 is 0 Å². The third kappa shape index (κ3) is 3.54. The van der Waals surface area contributed by atoms with Crippen LogP contribution < -0.4 is 5.32 Å². The number of morpholine rings is 1. The molecular weight excluding hydrogens is 332 g/mol. The van der Waals surface area contributed by atoms with Gasteiger partial charge in [-0.1, -0.05) is 30.3 Å². The molecule has 132 valence electrons.